The Morgan fingerprint density at radius 2 is 2.26 bits per heavy atom. The van der Waals surface area contributed by atoms with E-state index in [1.165, 1.54) is 10.6 Å². The molecule has 0 bridgehead atoms. The van der Waals surface area contributed by atoms with E-state index in [-0.39, 0.29) is 12.1 Å². The van der Waals surface area contributed by atoms with E-state index in [0.29, 0.717) is 12.5 Å². The Balaban J connectivity index is 3.02. The topological polar surface area (TPSA) is 77.1 Å². The quantitative estimate of drug-likeness (QED) is 0.724. The molecule has 0 aliphatic carbocycles. The zero-order valence-electron chi connectivity index (χ0n) is 11.3. The monoisotopic (exact) mass is 261 g/mol. The van der Waals surface area contributed by atoms with Crippen LogP contribution in [0.5, 0.6) is 0 Å². The smallest absolute Gasteiger partial charge is 0.264 e. The van der Waals surface area contributed by atoms with Gasteiger partial charge in [-0.15, -0.1) is 6.42 Å². The van der Waals surface area contributed by atoms with Crippen molar-refractivity contribution in [1.82, 2.24) is 9.88 Å². The Kier molecular flexibility index (Phi) is 5.34. The molecular weight excluding hydrogens is 242 g/mol. The molecule has 0 saturated carbocycles. The van der Waals surface area contributed by atoms with Crippen molar-refractivity contribution < 1.29 is 4.79 Å². The highest BCUT2D eigenvalue weighted by Crippen LogP contribution is 2.01. The molecule has 0 radical (unpaired) electrons. The van der Waals surface area contributed by atoms with Gasteiger partial charge >= 0.3 is 0 Å². The van der Waals surface area contributed by atoms with Crippen LogP contribution in [0.1, 0.15) is 29.8 Å². The van der Waals surface area contributed by atoms with Gasteiger partial charge in [0.2, 0.25) is 0 Å². The lowest BCUT2D eigenvalue weighted by Gasteiger charge is -2.10. The fraction of sp³-hybridized carbons (Fsp3) is 0.429. The maximum atomic E-state index is 11.9. The van der Waals surface area contributed by atoms with Gasteiger partial charge in [0, 0.05) is 12.7 Å². The standard InChI is InChI=1S/C14H19N3O2/c1-4-5-17-9-11(8-16-7-10(2)3)6-12(13(15)18)14(17)19/h1,6,9-10,16H,5,7-8H2,2-3H3,(H2,15,18). The lowest BCUT2D eigenvalue weighted by atomic mass is 10.1. The molecule has 19 heavy (non-hydrogen) atoms. The van der Waals surface area contributed by atoms with Crippen LogP contribution >= 0.6 is 0 Å². The van der Waals surface area contributed by atoms with Gasteiger partial charge < -0.3 is 15.6 Å². The fourth-order valence-electron chi connectivity index (χ4n) is 1.69. The molecule has 0 aliphatic heterocycles. The Labute approximate surface area is 112 Å². The number of rotatable bonds is 6. The average molecular weight is 261 g/mol. The number of hydrogen-bond donors (Lipinski definition) is 2. The molecule has 0 saturated heterocycles. The summed E-state index contributed by atoms with van der Waals surface area (Å²) in [4.78, 5) is 23.1. The summed E-state index contributed by atoms with van der Waals surface area (Å²) in [5.74, 6) is 2.17. The first kappa shape index (κ1) is 15.0. The van der Waals surface area contributed by atoms with Gasteiger partial charge in [-0.3, -0.25) is 9.59 Å². The maximum absolute atomic E-state index is 11.9. The van der Waals surface area contributed by atoms with E-state index in [1.807, 2.05) is 0 Å². The van der Waals surface area contributed by atoms with E-state index >= 15 is 0 Å². The molecule has 5 nitrogen and oxygen atoms in total. The maximum Gasteiger partial charge on any atom is 0.264 e. The number of primary amides is 1. The first-order chi connectivity index (χ1) is 8.95. The number of pyridine rings is 1. The van der Waals surface area contributed by atoms with E-state index in [9.17, 15) is 9.59 Å². The Hall–Kier alpha value is -2.06. The van der Waals surface area contributed by atoms with Crippen molar-refractivity contribution in [1.29, 1.82) is 0 Å². The summed E-state index contributed by atoms with van der Waals surface area (Å²) in [5.41, 5.74) is 5.54. The highest BCUT2D eigenvalue weighted by atomic mass is 16.2. The minimum atomic E-state index is -0.735. The second-order valence-corrected chi connectivity index (χ2v) is 4.79. The van der Waals surface area contributed by atoms with Crippen LogP contribution in [0.2, 0.25) is 0 Å². The van der Waals surface area contributed by atoms with Gasteiger partial charge in [-0.05, 0) is 24.1 Å². The summed E-state index contributed by atoms with van der Waals surface area (Å²) in [6.45, 7) is 5.73. The molecule has 0 fully saturated rings. The first-order valence-electron chi connectivity index (χ1n) is 6.13. The molecule has 1 aromatic heterocycles. The second-order valence-electron chi connectivity index (χ2n) is 4.79. The number of carbonyl (C=O) groups excluding carboxylic acids is 1. The molecular formula is C14H19N3O2. The molecule has 1 amide bonds. The van der Waals surface area contributed by atoms with Gasteiger partial charge in [-0.2, -0.15) is 0 Å². The number of nitrogens with one attached hydrogen (secondary N) is 1. The molecule has 0 atom stereocenters. The van der Waals surface area contributed by atoms with Crippen LogP contribution < -0.4 is 16.6 Å². The zero-order chi connectivity index (χ0) is 14.4. The third-order valence-corrected chi connectivity index (χ3v) is 2.55. The molecule has 0 aromatic carbocycles. The van der Waals surface area contributed by atoms with Crippen LogP contribution in [-0.4, -0.2) is 17.0 Å². The Morgan fingerprint density at radius 3 is 2.79 bits per heavy atom. The molecule has 0 aliphatic rings. The van der Waals surface area contributed by atoms with Gasteiger partial charge in [-0.1, -0.05) is 19.8 Å². The van der Waals surface area contributed by atoms with E-state index in [1.54, 1.807) is 6.20 Å². The van der Waals surface area contributed by atoms with Gasteiger partial charge in [-0.25, -0.2) is 0 Å². The number of carbonyl (C=O) groups is 1. The largest absolute Gasteiger partial charge is 0.365 e. The van der Waals surface area contributed by atoms with Crippen molar-refractivity contribution in [2.45, 2.75) is 26.9 Å². The van der Waals surface area contributed by atoms with Crippen LogP contribution in [0.4, 0.5) is 0 Å². The molecule has 1 aromatic rings. The lowest BCUT2D eigenvalue weighted by Crippen LogP contribution is -2.30. The molecule has 1 heterocycles. The summed E-state index contributed by atoms with van der Waals surface area (Å²) in [5, 5.41) is 3.24. The number of aromatic nitrogens is 1. The summed E-state index contributed by atoms with van der Waals surface area (Å²) < 4.78 is 1.33. The third-order valence-electron chi connectivity index (χ3n) is 2.55. The van der Waals surface area contributed by atoms with Crippen LogP contribution in [0.15, 0.2) is 17.1 Å². The number of amides is 1. The molecule has 0 spiro atoms. The average Bonchev–Trinajstić information content (AvgIpc) is 2.32. The zero-order valence-corrected chi connectivity index (χ0v) is 11.3. The second kappa shape index (κ2) is 6.76. The van der Waals surface area contributed by atoms with Crippen molar-refractivity contribution in [3.8, 4) is 12.3 Å². The Morgan fingerprint density at radius 1 is 1.58 bits per heavy atom. The van der Waals surface area contributed by atoms with Crippen molar-refractivity contribution in [3.63, 3.8) is 0 Å². The predicted molar refractivity (Wildman–Crippen MR) is 74.6 cm³/mol. The fourth-order valence-corrected chi connectivity index (χ4v) is 1.69. The molecule has 5 heteroatoms. The third kappa shape index (κ3) is 4.27. The SMILES string of the molecule is C#CCn1cc(CNCC(C)C)cc(C(N)=O)c1=O. The normalized spacial score (nSPS) is 10.4. The van der Waals surface area contributed by atoms with Crippen LogP contribution in [0.3, 0.4) is 0 Å². The number of hydrogen-bond acceptors (Lipinski definition) is 3. The van der Waals surface area contributed by atoms with E-state index in [0.717, 1.165) is 12.1 Å². The Bertz CT molecular complexity index is 553. The molecule has 3 N–H and O–H groups in total. The van der Waals surface area contributed by atoms with Crippen molar-refractivity contribution in [3.05, 3.63) is 33.7 Å². The number of nitrogens with zero attached hydrogens (tertiary/aromatic N) is 1. The summed E-state index contributed by atoms with van der Waals surface area (Å²) in [7, 11) is 0. The molecule has 0 unspecified atom stereocenters. The van der Waals surface area contributed by atoms with E-state index < -0.39 is 11.5 Å². The summed E-state index contributed by atoms with van der Waals surface area (Å²) in [6.07, 6.45) is 6.86. The van der Waals surface area contributed by atoms with Crippen molar-refractivity contribution in [2.75, 3.05) is 6.54 Å². The molecule has 102 valence electrons. The van der Waals surface area contributed by atoms with E-state index in [4.69, 9.17) is 12.2 Å². The minimum absolute atomic E-state index is 0.0286. The van der Waals surface area contributed by atoms with Crippen molar-refractivity contribution in [2.24, 2.45) is 11.7 Å². The highest BCUT2D eigenvalue weighted by molar-refractivity contribution is 5.92. The van der Waals surface area contributed by atoms with E-state index in [2.05, 4.69) is 25.1 Å². The lowest BCUT2D eigenvalue weighted by molar-refractivity contribution is 0.0998. The highest BCUT2D eigenvalue weighted by Gasteiger charge is 2.11. The summed E-state index contributed by atoms with van der Waals surface area (Å²) >= 11 is 0. The van der Waals surface area contributed by atoms with Crippen LogP contribution in [0.25, 0.3) is 0 Å². The van der Waals surface area contributed by atoms with Crippen LogP contribution in [-0.2, 0) is 13.1 Å². The van der Waals surface area contributed by atoms with Gasteiger partial charge in [0.1, 0.15) is 5.56 Å². The van der Waals surface area contributed by atoms with Crippen molar-refractivity contribution >= 4 is 5.91 Å². The number of nitrogens with two attached hydrogens (primary N) is 1. The summed E-state index contributed by atoms with van der Waals surface area (Å²) in [6, 6.07) is 1.52. The number of terminal acetylenes is 1. The minimum Gasteiger partial charge on any atom is -0.365 e. The first-order valence-corrected chi connectivity index (χ1v) is 6.13. The van der Waals surface area contributed by atoms with Gasteiger partial charge in [0.05, 0.1) is 6.54 Å². The predicted octanol–water partition coefficient (Wildman–Crippen LogP) is 0.326. The van der Waals surface area contributed by atoms with Crippen LogP contribution in [0, 0.1) is 18.3 Å². The molecule has 1 rings (SSSR count). The van der Waals surface area contributed by atoms with Gasteiger partial charge in [0.25, 0.3) is 11.5 Å². The van der Waals surface area contributed by atoms with Gasteiger partial charge in [0.15, 0.2) is 0 Å².